The van der Waals surface area contributed by atoms with Crippen LogP contribution in [0.2, 0.25) is 0 Å². The zero-order chi connectivity index (χ0) is 8.84. The van der Waals surface area contributed by atoms with Crippen molar-refractivity contribution in [2.75, 3.05) is 0 Å². The lowest BCUT2D eigenvalue weighted by Crippen LogP contribution is -2.17. The summed E-state index contributed by atoms with van der Waals surface area (Å²) in [6, 6.07) is 5.53. The van der Waals surface area contributed by atoms with Crippen molar-refractivity contribution in [3.8, 4) is 0 Å². The number of carbonyl (C=O) groups is 1. The highest BCUT2D eigenvalue weighted by Crippen LogP contribution is 2.23. The number of hydrogen-bond acceptors (Lipinski definition) is 2. The molecule has 0 saturated carbocycles. The molecule has 13 heavy (non-hydrogen) atoms. The molecule has 1 aliphatic heterocycles. The zero-order valence-electron chi connectivity index (χ0n) is 6.86. The average molecular weight is 173 g/mol. The van der Waals surface area contributed by atoms with E-state index in [1.165, 1.54) is 0 Å². The van der Waals surface area contributed by atoms with Gasteiger partial charge in [-0.2, -0.15) is 0 Å². The minimum absolute atomic E-state index is 0.0174. The Morgan fingerprint density at radius 3 is 3.23 bits per heavy atom. The van der Waals surface area contributed by atoms with Gasteiger partial charge in [-0.25, -0.2) is 0 Å². The van der Waals surface area contributed by atoms with E-state index in [2.05, 4.69) is 0 Å². The first kappa shape index (κ1) is 6.71. The van der Waals surface area contributed by atoms with Crippen molar-refractivity contribution in [2.45, 2.75) is 6.54 Å². The van der Waals surface area contributed by atoms with Crippen molar-refractivity contribution in [2.24, 2.45) is 0 Å². The van der Waals surface area contributed by atoms with E-state index in [0.717, 1.165) is 12.1 Å². The van der Waals surface area contributed by atoms with Crippen LogP contribution in [0.1, 0.15) is 21.8 Å². The van der Waals surface area contributed by atoms with E-state index in [-0.39, 0.29) is 5.78 Å². The second kappa shape index (κ2) is 2.13. The van der Waals surface area contributed by atoms with Crippen LogP contribution in [0, 0.1) is 0 Å². The van der Waals surface area contributed by atoms with E-state index in [4.69, 9.17) is 4.42 Å². The Bertz CT molecular complexity index is 436. The molecule has 0 atom stereocenters. The third-order valence-electron chi connectivity index (χ3n) is 2.36. The fourth-order valence-electron chi connectivity index (χ4n) is 1.72. The number of furan rings is 1. The van der Waals surface area contributed by atoms with Crippen LogP contribution in [-0.2, 0) is 6.54 Å². The molecule has 0 aliphatic carbocycles. The van der Waals surface area contributed by atoms with Gasteiger partial charge in [-0.05, 0) is 18.2 Å². The number of nitrogens with zero attached hydrogens (tertiary/aromatic N) is 1. The second-order valence-corrected chi connectivity index (χ2v) is 3.13. The molecule has 0 fully saturated rings. The number of carbonyl (C=O) groups excluding carboxylic acids is 1. The van der Waals surface area contributed by atoms with Gasteiger partial charge in [0.15, 0.2) is 5.76 Å². The summed E-state index contributed by atoms with van der Waals surface area (Å²) in [5.41, 5.74) is 1.68. The maximum Gasteiger partial charge on any atom is 0.244 e. The largest absolute Gasteiger partial charge is 0.460 e. The summed E-state index contributed by atoms with van der Waals surface area (Å²) in [6.07, 6.45) is 3.47. The van der Waals surface area contributed by atoms with E-state index < -0.39 is 0 Å². The molecule has 3 rings (SSSR count). The van der Waals surface area contributed by atoms with Gasteiger partial charge in [0.2, 0.25) is 5.78 Å². The van der Waals surface area contributed by atoms with Crippen molar-refractivity contribution in [1.82, 2.24) is 4.57 Å². The Kier molecular flexibility index (Phi) is 1.10. The van der Waals surface area contributed by atoms with Crippen LogP contribution >= 0.6 is 0 Å². The van der Waals surface area contributed by atoms with Gasteiger partial charge < -0.3 is 8.98 Å². The summed E-state index contributed by atoms with van der Waals surface area (Å²) in [5.74, 6) is 0.474. The van der Waals surface area contributed by atoms with Crippen LogP contribution in [0.3, 0.4) is 0 Å². The zero-order valence-corrected chi connectivity index (χ0v) is 6.86. The van der Waals surface area contributed by atoms with Crippen LogP contribution in [0.15, 0.2) is 35.1 Å². The first-order valence-corrected chi connectivity index (χ1v) is 4.12. The second-order valence-electron chi connectivity index (χ2n) is 3.13. The minimum atomic E-state index is -0.0174. The molecule has 3 heteroatoms. The lowest BCUT2D eigenvalue weighted by Gasteiger charge is -2.12. The molecule has 2 aromatic rings. The summed E-state index contributed by atoms with van der Waals surface area (Å²) >= 11 is 0. The predicted molar refractivity (Wildman–Crippen MR) is 45.7 cm³/mol. The molecule has 2 aromatic heterocycles. The summed E-state index contributed by atoms with van der Waals surface area (Å²) in [5, 5.41) is 0. The third-order valence-corrected chi connectivity index (χ3v) is 2.36. The van der Waals surface area contributed by atoms with E-state index in [9.17, 15) is 4.79 Å². The Balaban J connectivity index is 2.27. The van der Waals surface area contributed by atoms with Crippen molar-refractivity contribution in [3.05, 3.63) is 47.7 Å². The van der Waals surface area contributed by atoms with Crippen LogP contribution in [0.4, 0.5) is 0 Å². The fourth-order valence-corrected chi connectivity index (χ4v) is 1.72. The van der Waals surface area contributed by atoms with Gasteiger partial charge in [-0.3, -0.25) is 4.79 Å². The molecule has 0 radical (unpaired) electrons. The monoisotopic (exact) mass is 173 g/mol. The summed E-state index contributed by atoms with van der Waals surface area (Å²) < 4.78 is 7.06. The summed E-state index contributed by atoms with van der Waals surface area (Å²) in [6.45, 7) is 0.736. The molecular weight excluding hydrogens is 166 g/mol. The van der Waals surface area contributed by atoms with Crippen LogP contribution < -0.4 is 0 Å². The lowest BCUT2D eigenvalue weighted by atomic mass is 10.1. The van der Waals surface area contributed by atoms with Crippen molar-refractivity contribution in [1.29, 1.82) is 0 Å². The van der Waals surface area contributed by atoms with Crippen LogP contribution in [0.25, 0.3) is 0 Å². The molecule has 0 unspecified atom stereocenters. The van der Waals surface area contributed by atoms with Crippen molar-refractivity contribution in [3.63, 3.8) is 0 Å². The van der Waals surface area contributed by atoms with Crippen LogP contribution in [-0.4, -0.2) is 10.4 Å². The Labute approximate surface area is 74.6 Å². The van der Waals surface area contributed by atoms with Gasteiger partial charge in [-0.15, -0.1) is 0 Å². The Morgan fingerprint density at radius 1 is 1.38 bits per heavy atom. The van der Waals surface area contributed by atoms with Gasteiger partial charge in [0, 0.05) is 11.8 Å². The SMILES string of the molecule is O=C1c2occc2Cn2cccc21. The molecule has 0 spiro atoms. The smallest absolute Gasteiger partial charge is 0.244 e. The molecular formula is C10H7NO2. The molecule has 0 bridgehead atoms. The van der Waals surface area contributed by atoms with E-state index >= 15 is 0 Å². The van der Waals surface area contributed by atoms with E-state index in [0.29, 0.717) is 11.5 Å². The van der Waals surface area contributed by atoms with Gasteiger partial charge in [-0.1, -0.05) is 0 Å². The number of hydrogen-bond donors (Lipinski definition) is 0. The maximum atomic E-state index is 11.7. The van der Waals surface area contributed by atoms with Gasteiger partial charge >= 0.3 is 0 Å². The highest BCUT2D eigenvalue weighted by molar-refractivity contribution is 6.07. The molecule has 0 N–H and O–H groups in total. The molecule has 1 aliphatic rings. The molecule has 3 heterocycles. The molecule has 3 nitrogen and oxygen atoms in total. The fraction of sp³-hybridized carbons (Fsp3) is 0.100. The highest BCUT2D eigenvalue weighted by atomic mass is 16.3. The number of aromatic nitrogens is 1. The van der Waals surface area contributed by atoms with Gasteiger partial charge in [0.05, 0.1) is 18.5 Å². The molecule has 0 aromatic carbocycles. The van der Waals surface area contributed by atoms with Gasteiger partial charge in [0.1, 0.15) is 0 Å². The quantitative estimate of drug-likeness (QED) is 0.518. The standard InChI is InChI=1S/C10H7NO2/c12-9-8-2-1-4-11(8)6-7-3-5-13-10(7)9/h1-5H,6H2. The van der Waals surface area contributed by atoms with Crippen LogP contribution in [0.5, 0.6) is 0 Å². The number of ketones is 1. The molecule has 0 amide bonds. The summed E-state index contributed by atoms with van der Waals surface area (Å²) in [4.78, 5) is 11.7. The minimum Gasteiger partial charge on any atom is -0.460 e. The van der Waals surface area contributed by atoms with Gasteiger partial charge in [0.25, 0.3) is 0 Å². The first-order valence-electron chi connectivity index (χ1n) is 4.12. The maximum absolute atomic E-state index is 11.7. The lowest BCUT2D eigenvalue weighted by molar-refractivity contribution is 0.0993. The average Bonchev–Trinajstić information content (AvgIpc) is 2.71. The predicted octanol–water partition coefficient (Wildman–Crippen LogP) is 1.67. The molecule has 0 saturated heterocycles. The molecule has 64 valence electrons. The van der Waals surface area contributed by atoms with Crippen molar-refractivity contribution >= 4 is 5.78 Å². The number of rotatable bonds is 0. The van der Waals surface area contributed by atoms with E-state index in [1.54, 1.807) is 6.26 Å². The number of fused-ring (bicyclic) bond motifs is 2. The highest BCUT2D eigenvalue weighted by Gasteiger charge is 2.25. The Hall–Kier alpha value is -1.77. The third kappa shape index (κ3) is 0.758. The topological polar surface area (TPSA) is 35.1 Å². The first-order chi connectivity index (χ1) is 6.36. The summed E-state index contributed by atoms with van der Waals surface area (Å²) in [7, 11) is 0. The Morgan fingerprint density at radius 2 is 2.31 bits per heavy atom. The van der Waals surface area contributed by atoms with E-state index in [1.807, 2.05) is 29.0 Å². The van der Waals surface area contributed by atoms with Crippen molar-refractivity contribution < 1.29 is 9.21 Å². The normalized spacial score (nSPS) is 14.0.